The van der Waals surface area contributed by atoms with Crippen molar-refractivity contribution in [2.24, 2.45) is 10.4 Å². The van der Waals surface area contributed by atoms with Crippen LogP contribution in [0.25, 0.3) is 0 Å². The number of likely N-dealkylation sites (tertiary alicyclic amines) is 1. The minimum atomic E-state index is 0.372. The molecule has 3 saturated heterocycles. The summed E-state index contributed by atoms with van der Waals surface area (Å²) in [6.45, 7) is 7.20. The molecule has 0 radical (unpaired) electrons. The van der Waals surface area contributed by atoms with Crippen molar-refractivity contribution in [3.63, 3.8) is 0 Å². The van der Waals surface area contributed by atoms with Crippen LogP contribution in [0.5, 0.6) is 0 Å². The standard InChI is InChI=1S/C18H29N5OS/c1-19-16(23-10-5-18(13-23)6-11-24-14-18)20-7-4-15-12-25-17(21-15)22-8-2-3-9-22/h12H,2-11,13-14H2,1H3,(H,19,20). The van der Waals surface area contributed by atoms with Crippen molar-refractivity contribution in [1.82, 2.24) is 15.2 Å². The number of nitrogens with zero attached hydrogens (tertiary/aromatic N) is 4. The Bertz CT molecular complexity index is 604. The summed E-state index contributed by atoms with van der Waals surface area (Å²) in [5.41, 5.74) is 1.56. The molecule has 0 amide bonds. The summed E-state index contributed by atoms with van der Waals surface area (Å²) in [6.07, 6.45) is 5.97. The fraction of sp³-hybridized carbons (Fsp3) is 0.778. The van der Waals surface area contributed by atoms with Gasteiger partial charge in [-0.05, 0) is 25.7 Å². The Morgan fingerprint density at radius 3 is 3.00 bits per heavy atom. The second-order valence-electron chi connectivity index (χ2n) is 7.51. The van der Waals surface area contributed by atoms with Crippen molar-refractivity contribution in [2.75, 3.05) is 57.9 Å². The lowest BCUT2D eigenvalue weighted by Crippen LogP contribution is -2.42. The first-order valence-corrected chi connectivity index (χ1v) is 10.4. The maximum atomic E-state index is 5.63. The first kappa shape index (κ1) is 17.1. The summed E-state index contributed by atoms with van der Waals surface area (Å²) in [7, 11) is 1.88. The van der Waals surface area contributed by atoms with Gasteiger partial charge in [0.15, 0.2) is 11.1 Å². The van der Waals surface area contributed by atoms with E-state index in [0.717, 1.165) is 58.3 Å². The van der Waals surface area contributed by atoms with Crippen LogP contribution >= 0.6 is 11.3 Å². The number of hydrogen-bond acceptors (Lipinski definition) is 5. The molecular weight excluding hydrogens is 334 g/mol. The topological polar surface area (TPSA) is 53.0 Å². The number of aliphatic imine (C=N–C) groups is 1. The second kappa shape index (κ2) is 7.50. The van der Waals surface area contributed by atoms with Crippen molar-refractivity contribution in [2.45, 2.75) is 32.1 Å². The Hall–Kier alpha value is -1.34. The summed E-state index contributed by atoms with van der Waals surface area (Å²) in [5, 5.41) is 6.93. The molecule has 6 nitrogen and oxygen atoms in total. The van der Waals surface area contributed by atoms with Crippen molar-refractivity contribution in [3.05, 3.63) is 11.1 Å². The van der Waals surface area contributed by atoms with Crippen LogP contribution in [0.4, 0.5) is 5.13 Å². The third kappa shape index (κ3) is 3.77. The molecule has 4 rings (SSSR count). The molecule has 1 spiro atoms. The van der Waals surface area contributed by atoms with Gasteiger partial charge in [-0.15, -0.1) is 11.3 Å². The monoisotopic (exact) mass is 363 g/mol. The predicted molar refractivity (Wildman–Crippen MR) is 103 cm³/mol. The molecule has 4 heterocycles. The lowest BCUT2D eigenvalue weighted by atomic mass is 9.87. The first-order chi connectivity index (χ1) is 12.3. The minimum absolute atomic E-state index is 0.372. The van der Waals surface area contributed by atoms with Gasteiger partial charge in [0.2, 0.25) is 0 Å². The molecule has 3 aliphatic heterocycles. The van der Waals surface area contributed by atoms with Crippen molar-refractivity contribution >= 4 is 22.4 Å². The number of aromatic nitrogens is 1. The van der Waals surface area contributed by atoms with E-state index < -0.39 is 0 Å². The van der Waals surface area contributed by atoms with Gasteiger partial charge >= 0.3 is 0 Å². The van der Waals surface area contributed by atoms with Gasteiger partial charge in [-0.2, -0.15) is 0 Å². The van der Waals surface area contributed by atoms with E-state index in [2.05, 4.69) is 25.5 Å². The van der Waals surface area contributed by atoms with Crippen LogP contribution in [0.3, 0.4) is 0 Å². The highest BCUT2D eigenvalue weighted by Crippen LogP contribution is 2.38. The minimum Gasteiger partial charge on any atom is -0.381 e. The van der Waals surface area contributed by atoms with Crippen LogP contribution in [0.2, 0.25) is 0 Å². The van der Waals surface area contributed by atoms with Gasteiger partial charge in [0.05, 0.1) is 12.3 Å². The molecule has 1 atom stereocenters. The van der Waals surface area contributed by atoms with Crippen LogP contribution in [0.1, 0.15) is 31.4 Å². The van der Waals surface area contributed by atoms with E-state index in [1.807, 2.05) is 7.05 Å². The number of anilines is 1. The molecule has 3 aliphatic rings. The second-order valence-corrected chi connectivity index (χ2v) is 8.35. The smallest absolute Gasteiger partial charge is 0.193 e. The Balaban J connectivity index is 1.26. The molecule has 0 aliphatic carbocycles. The molecule has 1 unspecified atom stereocenters. The summed E-state index contributed by atoms with van der Waals surface area (Å²) in [4.78, 5) is 14.1. The maximum Gasteiger partial charge on any atom is 0.193 e. The number of rotatable bonds is 4. The van der Waals surface area contributed by atoms with Gasteiger partial charge in [0, 0.05) is 63.6 Å². The maximum absolute atomic E-state index is 5.63. The Labute approximate surface area is 154 Å². The van der Waals surface area contributed by atoms with Gasteiger partial charge in [-0.1, -0.05) is 0 Å². The Morgan fingerprint density at radius 2 is 2.24 bits per heavy atom. The third-order valence-electron chi connectivity index (χ3n) is 5.72. The van der Waals surface area contributed by atoms with Crippen molar-refractivity contribution in [1.29, 1.82) is 0 Å². The molecule has 1 N–H and O–H groups in total. The fourth-order valence-electron chi connectivity index (χ4n) is 4.19. The average molecular weight is 364 g/mol. The van der Waals surface area contributed by atoms with Gasteiger partial charge in [-0.3, -0.25) is 4.99 Å². The van der Waals surface area contributed by atoms with E-state index in [-0.39, 0.29) is 0 Å². The molecule has 0 saturated carbocycles. The van der Waals surface area contributed by atoms with Crippen LogP contribution in [0.15, 0.2) is 10.4 Å². The largest absolute Gasteiger partial charge is 0.381 e. The van der Waals surface area contributed by atoms with E-state index in [0.29, 0.717) is 5.41 Å². The number of guanidine groups is 1. The predicted octanol–water partition coefficient (Wildman–Crippen LogP) is 1.97. The number of thiazole rings is 1. The summed E-state index contributed by atoms with van der Waals surface area (Å²) >= 11 is 1.78. The highest BCUT2D eigenvalue weighted by Gasteiger charge is 2.42. The summed E-state index contributed by atoms with van der Waals surface area (Å²) < 4.78 is 5.63. The van der Waals surface area contributed by atoms with Crippen molar-refractivity contribution in [3.8, 4) is 0 Å². The zero-order chi connectivity index (χ0) is 17.1. The van der Waals surface area contributed by atoms with E-state index >= 15 is 0 Å². The molecule has 25 heavy (non-hydrogen) atoms. The molecule has 138 valence electrons. The van der Waals surface area contributed by atoms with Crippen LogP contribution < -0.4 is 10.2 Å². The number of nitrogens with one attached hydrogen (secondary N) is 1. The molecule has 0 aromatic carbocycles. The third-order valence-corrected chi connectivity index (χ3v) is 6.67. The number of hydrogen-bond donors (Lipinski definition) is 1. The number of ether oxygens (including phenoxy) is 1. The average Bonchev–Trinajstić information content (AvgIpc) is 3.41. The quantitative estimate of drug-likeness (QED) is 0.655. The zero-order valence-corrected chi connectivity index (χ0v) is 16.0. The highest BCUT2D eigenvalue weighted by molar-refractivity contribution is 7.13. The van der Waals surface area contributed by atoms with E-state index in [9.17, 15) is 0 Å². The first-order valence-electron chi connectivity index (χ1n) is 9.51. The fourth-order valence-corrected chi connectivity index (χ4v) is 5.10. The summed E-state index contributed by atoms with van der Waals surface area (Å²) in [5.74, 6) is 1.03. The Kier molecular flexibility index (Phi) is 5.12. The lowest BCUT2D eigenvalue weighted by Gasteiger charge is -2.24. The van der Waals surface area contributed by atoms with Crippen LogP contribution in [-0.4, -0.2) is 68.8 Å². The van der Waals surface area contributed by atoms with Crippen LogP contribution in [0, 0.1) is 5.41 Å². The van der Waals surface area contributed by atoms with Gasteiger partial charge in [-0.25, -0.2) is 4.98 Å². The molecule has 0 bridgehead atoms. The molecular formula is C18H29N5OS. The van der Waals surface area contributed by atoms with Crippen molar-refractivity contribution < 1.29 is 4.74 Å². The van der Waals surface area contributed by atoms with Gasteiger partial charge in [0.25, 0.3) is 0 Å². The molecule has 3 fully saturated rings. The highest BCUT2D eigenvalue weighted by atomic mass is 32.1. The summed E-state index contributed by atoms with van der Waals surface area (Å²) in [6, 6.07) is 0. The normalized spacial score (nSPS) is 27.0. The molecule has 1 aromatic heterocycles. The molecule has 7 heteroatoms. The van der Waals surface area contributed by atoms with E-state index in [1.54, 1.807) is 11.3 Å². The van der Waals surface area contributed by atoms with E-state index in [4.69, 9.17) is 9.72 Å². The van der Waals surface area contributed by atoms with E-state index in [1.165, 1.54) is 36.5 Å². The SMILES string of the molecule is CN=C(NCCc1csc(N2CCCC2)n1)N1CCC2(CCOC2)C1. The Morgan fingerprint density at radius 1 is 1.36 bits per heavy atom. The lowest BCUT2D eigenvalue weighted by molar-refractivity contribution is 0.156. The van der Waals surface area contributed by atoms with Gasteiger partial charge < -0.3 is 19.9 Å². The van der Waals surface area contributed by atoms with Gasteiger partial charge in [0.1, 0.15) is 0 Å². The van der Waals surface area contributed by atoms with Crippen LogP contribution in [-0.2, 0) is 11.2 Å². The molecule has 1 aromatic rings. The zero-order valence-electron chi connectivity index (χ0n) is 15.2.